The van der Waals surface area contributed by atoms with Crippen LogP contribution in [0, 0.1) is 11.3 Å². The molecule has 0 radical (unpaired) electrons. The van der Waals surface area contributed by atoms with Gasteiger partial charge in [0, 0.05) is 25.3 Å². The van der Waals surface area contributed by atoms with Gasteiger partial charge in [0.15, 0.2) is 0 Å². The van der Waals surface area contributed by atoms with Crippen molar-refractivity contribution in [1.29, 1.82) is 5.26 Å². The number of carbonyl (C=O) groups excluding carboxylic acids is 1. The van der Waals surface area contributed by atoms with Gasteiger partial charge in [-0.25, -0.2) is 0 Å². The molecule has 0 bridgehead atoms. The summed E-state index contributed by atoms with van der Waals surface area (Å²) in [5.74, 6) is 0.0374. The fourth-order valence-corrected chi connectivity index (χ4v) is 2.47. The summed E-state index contributed by atoms with van der Waals surface area (Å²) in [6, 6.07) is 11.8. The average molecular weight is 257 g/mol. The monoisotopic (exact) mass is 257 g/mol. The van der Waals surface area contributed by atoms with Crippen molar-refractivity contribution in [2.45, 2.75) is 31.8 Å². The van der Waals surface area contributed by atoms with E-state index in [-0.39, 0.29) is 24.4 Å². The van der Waals surface area contributed by atoms with E-state index in [1.807, 2.05) is 37.4 Å². The summed E-state index contributed by atoms with van der Waals surface area (Å²) in [6.45, 7) is 2.85. The summed E-state index contributed by atoms with van der Waals surface area (Å²) in [7, 11) is 1.83. The van der Waals surface area contributed by atoms with Crippen molar-refractivity contribution in [3.63, 3.8) is 0 Å². The Kier molecular flexibility index (Phi) is 4.06. The maximum atomic E-state index is 12.5. The lowest BCUT2D eigenvalue weighted by Gasteiger charge is -2.30. The molecule has 0 N–H and O–H groups in total. The van der Waals surface area contributed by atoms with Gasteiger partial charge < -0.3 is 9.80 Å². The van der Waals surface area contributed by atoms with Gasteiger partial charge in [0.25, 0.3) is 0 Å². The van der Waals surface area contributed by atoms with Crippen LogP contribution in [0.3, 0.4) is 0 Å². The molecule has 4 nitrogen and oxygen atoms in total. The topological polar surface area (TPSA) is 47.3 Å². The zero-order chi connectivity index (χ0) is 13.8. The van der Waals surface area contributed by atoms with Crippen LogP contribution in [0.4, 0.5) is 5.69 Å². The number of nitrogens with zero attached hydrogens (tertiary/aromatic N) is 3. The number of likely N-dealkylation sites (N-methyl/N-ethyl adjacent to an activating group) is 1. The second-order valence-corrected chi connectivity index (χ2v) is 4.99. The lowest BCUT2D eigenvalue weighted by molar-refractivity contribution is -0.132. The Labute approximate surface area is 114 Å². The van der Waals surface area contributed by atoms with E-state index in [4.69, 9.17) is 5.26 Å². The van der Waals surface area contributed by atoms with Gasteiger partial charge in [-0.1, -0.05) is 18.2 Å². The minimum absolute atomic E-state index is 0.0374. The van der Waals surface area contributed by atoms with Crippen LogP contribution in [-0.4, -0.2) is 36.5 Å². The van der Waals surface area contributed by atoms with E-state index in [1.165, 1.54) is 0 Å². The first-order valence-electron chi connectivity index (χ1n) is 6.60. The molecule has 2 rings (SSSR count). The summed E-state index contributed by atoms with van der Waals surface area (Å²) in [6.07, 6.45) is 1.14. The van der Waals surface area contributed by atoms with Gasteiger partial charge in [-0.15, -0.1) is 0 Å². The molecule has 1 aromatic rings. The molecule has 19 heavy (non-hydrogen) atoms. The largest absolute Gasteiger partial charge is 0.359 e. The molecule has 4 heteroatoms. The zero-order valence-electron chi connectivity index (χ0n) is 11.4. The molecule has 2 unspecified atom stereocenters. The van der Waals surface area contributed by atoms with Gasteiger partial charge in [0.2, 0.25) is 5.91 Å². The zero-order valence-corrected chi connectivity index (χ0v) is 11.4. The predicted octanol–water partition coefficient (Wildman–Crippen LogP) is 2.03. The molecule has 0 aromatic heterocycles. The fourth-order valence-electron chi connectivity index (χ4n) is 2.47. The number of nitriles is 1. The van der Waals surface area contributed by atoms with E-state index in [2.05, 4.69) is 17.9 Å². The van der Waals surface area contributed by atoms with Crippen LogP contribution in [0.2, 0.25) is 0 Å². The molecule has 2 atom stereocenters. The normalized spacial score (nSPS) is 23.9. The van der Waals surface area contributed by atoms with Crippen molar-refractivity contribution in [2.24, 2.45) is 0 Å². The highest BCUT2D eigenvalue weighted by molar-refractivity contribution is 5.86. The molecule has 1 aromatic carbocycles. The van der Waals surface area contributed by atoms with Crippen molar-refractivity contribution in [2.75, 3.05) is 18.5 Å². The van der Waals surface area contributed by atoms with Crippen LogP contribution >= 0.6 is 0 Å². The number of anilines is 1. The summed E-state index contributed by atoms with van der Waals surface area (Å²) in [5, 5.41) is 9.00. The number of carbonyl (C=O) groups is 1. The van der Waals surface area contributed by atoms with Crippen molar-refractivity contribution in [1.82, 2.24) is 4.90 Å². The van der Waals surface area contributed by atoms with E-state index >= 15 is 0 Å². The first-order chi connectivity index (χ1) is 9.15. The second-order valence-electron chi connectivity index (χ2n) is 4.99. The van der Waals surface area contributed by atoms with Crippen LogP contribution < -0.4 is 4.90 Å². The molecule has 0 saturated carbocycles. The number of amides is 1. The molecular formula is C15H19N3O. The Morgan fingerprint density at radius 2 is 2.05 bits per heavy atom. The molecule has 0 aliphatic carbocycles. The number of para-hydroxylation sites is 1. The third kappa shape index (κ3) is 2.70. The first-order valence-corrected chi connectivity index (χ1v) is 6.60. The van der Waals surface area contributed by atoms with E-state index < -0.39 is 0 Å². The van der Waals surface area contributed by atoms with E-state index in [1.54, 1.807) is 4.90 Å². The first kappa shape index (κ1) is 13.4. The molecule has 1 aliphatic heterocycles. The van der Waals surface area contributed by atoms with Gasteiger partial charge in [-0.3, -0.25) is 4.79 Å². The van der Waals surface area contributed by atoms with Gasteiger partial charge in [-0.2, -0.15) is 5.26 Å². The minimum atomic E-state index is -0.373. The number of hydrogen-bond acceptors (Lipinski definition) is 3. The lowest BCUT2D eigenvalue weighted by Crippen LogP contribution is -2.46. The van der Waals surface area contributed by atoms with Crippen LogP contribution in [0.25, 0.3) is 0 Å². The molecule has 1 fully saturated rings. The summed E-state index contributed by atoms with van der Waals surface area (Å²) < 4.78 is 0. The quantitative estimate of drug-likeness (QED) is 0.814. The molecular weight excluding hydrogens is 238 g/mol. The van der Waals surface area contributed by atoms with Gasteiger partial charge in [-0.05, 0) is 25.5 Å². The highest BCUT2D eigenvalue weighted by Gasteiger charge is 2.33. The van der Waals surface area contributed by atoms with Crippen molar-refractivity contribution >= 4 is 11.6 Å². The van der Waals surface area contributed by atoms with E-state index in [9.17, 15) is 4.79 Å². The van der Waals surface area contributed by atoms with Gasteiger partial charge >= 0.3 is 0 Å². The van der Waals surface area contributed by atoms with Crippen molar-refractivity contribution in [3.8, 4) is 6.07 Å². The van der Waals surface area contributed by atoms with Crippen molar-refractivity contribution in [3.05, 3.63) is 30.3 Å². The van der Waals surface area contributed by atoms with Crippen molar-refractivity contribution < 1.29 is 4.79 Å². The minimum Gasteiger partial charge on any atom is -0.359 e. The van der Waals surface area contributed by atoms with E-state index in [0.717, 1.165) is 18.7 Å². The summed E-state index contributed by atoms with van der Waals surface area (Å²) >= 11 is 0. The Morgan fingerprint density at radius 1 is 1.37 bits per heavy atom. The average Bonchev–Trinajstić information content (AvgIpc) is 2.54. The maximum absolute atomic E-state index is 12.5. The van der Waals surface area contributed by atoms with Gasteiger partial charge in [0.1, 0.15) is 6.04 Å². The highest BCUT2D eigenvalue weighted by Crippen LogP contribution is 2.24. The molecule has 100 valence electrons. The molecule has 1 aliphatic rings. The number of benzene rings is 1. The Bertz CT molecular complexity index is 480. The van der Waals surface area contributed by atoms with Gasteiger partial charge in [0.05, 0.1) is 12.5 Å². The number of hydrogen-bond donors (Lipinski definition) is 0. The fraction of sp³-hybridized carbons (Fsp3) is 0.467. The van der Waals surface area contributed by atoms with Crippen LogP contribution in [0.5, 0.6) is 0 Å². The third-order valence-electron chi connectivity index (χ3n) is 3.83. The predicted molar refractivity (Wildman–Crippen MR) is 74.7 cm³/mol. The van der Waals surface area contributed by atoms with Crippen LogP contribution in [0.15, 0.2) is 30.3 Å². The number of rotatable bonds is 2. The molecule has 0 spiro atoms. The van der Waals surface area contributed by atoms with Crippen LogP contribution in [0.1, 0.15) is 19.8 Å². The molecule has 1 amide bonds. The van der Waals surface area contributed by atoms with Crippen LogP contribution in [-0.2, 0) is 4.79 Å². The van der Waals surface area contributed by atoms with E-state index in [0.29, 0.717) is 0 Å². The highest BCUT2D eigenvalue weighted by atomic mass is 16.2. The molecule has 1 heterocycles. The summed E-state index contributed by atoms with van der Waals surface area (Å²) in [4.78, 5) is 16.3. The lowest BCUT2D eigenvalue weighted by atomic mass is 10.1. The molecule has 1 saturated heterocycles. The summed E-state index contributed by atoms with van der Waals surface area (Å²) in [5.41, 5.74) is 1.01. The SMILES string of the molecule is CC1CCN(c2ccccc2)C(CC#N)C(=O)N1C. The second kappa shape index (κ2) is 5.75. The smallest absolute Gasteiger partial charge is 0.246 e. The Morgan fingerprint density at radius 3 is 2.68 bits per heavy atom. The third-order valence-corrected chi connectivity index (χ3v) is 3.83. The maximum Gasteiger partial charge on any atom is 0.246 e. The Hall–Kier alpha value is -2.02. The Balaban J connectivity index is 2.34. The standard InChI is InChI=1S/C15H19N3O/c1-12-9-11-18(13-6-4-3-5-7-13)14(8-10-16)15(19)17(12)2/h3-7,12,14H,8-9,11H2,1-2H3.